The molecule has 23 heavy (non-hydrogen) atoms. The van der Waals surface area contributed by atoms with Crippen LogP contribution in [0.4, 0.5) is 0 Å². The highest BCUT2D eigenvalue weighted by atomic mass is 16.1. The van der Waals surface area contributed by atoms with Gasteiger partial charge in [-0.15, -0.1) is 0 Å². The molecule has 1 atom stereocenters. The van der Waals surface area contributed by atoms with Crippen LogP contribution in [0.25, 0.3) is 0 Å². The fourth-order valence-corrected chi connectivity index (χ4v) is 2.66. The van der Waals surface area contributed by atoms with Gasteiger partial charge in [-0.2, -0.15) is 0 Å². The van der Waals surface area contributed by atoms with Crippen LogP contribution < -0.4 is 5.32 Å². The summed E-state index contributed by atoms with van der Waals surface area (Å²) in [6.45, 7) is 4.99. The van der Waals surface area contributed by atoms with Crippen molar-refractivity contribution >= 4 is 5.91 Å². The normalized spacial score (nSPS) is 12.1. The second-order valence-electron chi connectivity index (χ2n) is 6.55. The summed E-state index contributed by atoms with van der Waals surface area (Å²) in [6.07, 6.45) is 2.62. The lowest BCUT2D eigenvalue weighted by atomic mass is 9.92. The van der Waals surface area contributed by atoms with Crippen molar-refractivity contribution in [2.75, 3.05) is 6.54 Å². The van der Waals surface area contributed by atoms with E-state index in [1.54, 1.807) is 0 Å². The lowest BCUT2D eigenvalue weighted by Crippen LogP contribution is -2.34. The minimum Gasteiger partial charge on any atom is -0.356 e. The van der Waals surface area contributed by atoms with Crippen molar-refractivity contribution in [1.29, 1.82) is 0 Å². The van der Waals surface area contributed by atoms with E-state index in [2.05, 4.69) is 55.6 Å². The average molecular weight is 309 g/mol. The third kappa shape index (κ3) is 6.27. The number of rotatable bonds is 8. The molecule has 122 valence electrons. The third-order valence-electron chi connectivity index (χ3n) is 4.00. The van der Waals surface area contributed by atoms with E-state index in [-0.39, 0.29) is 11.8 Å². The fraction of sp³-hybridized carbons (Fsp3) is 0.381. The van der Waals surface area contributed by atoms with Crippen LogP contribution in [0, 0.1) is 11.8 Å². The Morgan fingerprint density at radius 1 is 0.913 bits per heavy atom. The van der Waals surface area contributed by atoms with Crippen LogP contribution in [-0.2, 0) is 17.6 Å². The van der Waals surface area contributed by atoms with Crippen molar-refractivity contribution in [3.8, 4) is 0 Å². The molecule has 2 aromatic carbocycles. The second kappa shape index (κ2) is 9.14. The Labute approximate surface area is 139 Å². The van der Waals surface area contributed by atoms with Crippen LogP contribution in [-0.4, -0.2) is 12.5 Å². The first-order valence-corrected chi connectivity index (χ1v) is 8.50. The molecule has 0 fully saturated rings. The van der Waals surface area contributed by atoms with Crippen molar-refractivity contribution < 1.29 is 4.79 Å². The summed E-state index contributed by atoms with van der Waals surface area (Å²) < 4.78 is 0. The number of nitrogens with one attached hydrogen (secondary N) is 1. The molecule has 2 nitrogen and oxygen atoms in total. The van der Waals surface area contributed by atoms with Gasteiger partial charge in [-0.3, -0.25) is 4.79 Å². The molecule has 1 unspecified atom stereocenters. The van der Waals surface area contributed by atoms with Crippen LogP contribution >= 0.6 is 0 Å². The van der Waals surface area contributed by atoms with E-state index in [1.807, 2.05) is 24.3 Å². The maximum Gasteiger partial charge on any atom is 0.223 e. The van der Waals surface area contributed by atoms with E-state index in [9.17, 15) is 4.79 Å². The number of amides is 1. The van der Waals surface area contributed by atoms with E-state index in [1.165, 1.54) is 11.1 Å². The largest absolute Gasteiger partial charge is 0.356 e. The second-order valence-corrected chi connectivity index (χ2v) is 6.55. The van der Waals surface area contributed by atoms with E-state index in [4.69, 9.17) is 0 Å². The molecule has 0 radical (unpaired) electrons. The summed E-state index contributed by atoms with van der Waals surface area (Å²) in [5.74, 6) is 0.681. The molecule has 1 amide bonds. The zero-order valence-electron chi connectivity index (χ0n) is 14.2. The SMILES string of the molecule is CC(C)CNC(=O)C(CCc1ccccc1)Cc1ccccc1. The van der Waals surface area contributed by atoms with Gasteiger partial charge in [0.05, 0.1) is 0 Å². The number of carbonyl (C=O) groups is 1. The highest BCUT2D eigenvalue weighted by Gasteiger charge is 2.19. The highest BCUT2D eigenvalue weighted by molar-refractivity contribution is 5.79. The topological polar surface area (TPSA) is 29.1 Å². The Balaban J connectivity index is 1.99. The Morgan fingerprint density at radius 3 is 2.04 bits per heavy atom. The molecule has 2 aromatic rings. The monoisotopic (exact) mass is 309 g/mol. The maximum absolute atomic E-state index is 12.6. The van der Waals surface area contributed by atoms with Gasteiger partial charge < -0.3 is 5.32 Å². The summed E-state index contributed by atoms with van der Waals surface area (Å²) >= 11 is 0. The lowest BCUT2D eigenvalue weighted by molar-refractivity contribution is -0.125. The number of carbonyl (C=O) groups excluding carboxylic acids is 1. The molecule has 0 aliphatic heterocycles. The van der Waals surface area contributed by atoms with E-state index in [0.29, 0.717) is 5.92 Å². The summed E-state index contributed by atoms with van der Waals surface area (Å²) in [7, 11) is 0. The quantitative estimate of drug-likeness (QED) is 0.776. The Hall–Kier alpha value is -2.09. The predicted molar refractivity (Wildman–Crippen MR) is 96.2 cm³/mol. The molecular weight excluding hydrogens is 282 g/mol. The number of benzene rings is 2. The van der Waals surface area contributed by atoms with Gasteiger partial charge in [0, 0.05) is 12.5 Å². The summed E-state index contributed by atoms with van der Waals surface area (Å²) in [6, 6.07) is 20.7. The van der Waals surface area contributed by atoms with Crippen LogP contribution in [0.2, 0.25) is 0 Å². The van der Waals surface area contributed by atoms with Crippen LogP contribution in [0.3, 0.4) is 0 Å². The molecule has 0 heterocycles. The lowest BCUT2D eigenvalue weighted by Gasteiger charge is -2.18. The Bertz CT molecular complexity index is 577. The average Bonchev–Trinajstić information content (AvgIpc) is 2.58. The van der Waals surface area contributed by atoms with Gasteiger partial charge >= 0.3 is 0 Å². The van der Waals surface area contributed by atoms with Gasteiger partial charge in [0.1, 0.15) is 0 Å². The third-order valence-corrected chi connectivity index (χ3v) is 4.00. The molecule has 0 aliphatic carbocycles. The van der Waals surface area contributed by atoms with Gasteiger partial charge in [-0.1, -0.05) is 74.5 Å². The van der Waals surface area contributed by atoms with E-state index in [0.717, 1.165) is 25.8 Å². The number of aryl methyl sites for hydroxylation is 1. The fourth-order valence-electron chi connectivity index (χ4n) is 2.66. The molecule has 0 bridgehead atoms. The van der Waals surface area contributed by atoms with Crippen LogP contribution in [0.1, 0.15) is 31.4 Å². The molecule has 0 saturated heterocycles. The summed E-state index contributed by atoms with van der Waals surface area (Å²) in [5.41, 5.74) is 2.52. The van der Waals surface area contributed by atoms with E-state index < -0.39 is 0 Å². The molecule has 2 heteroatoms. The van der Waals surface area contributed by atoms with Gasteiger partial charge in [0.2, 0.25) is 5.91 Å². The first-order chi connectivity index (χ1) is 11.1. The van der Waals surface area contributed by atoms with E-state index >= 15 is 0 Å². The zero-order chi connectivity index (χ0) is 16.5. The molecular formula is C21H27NO. The standard InChI is InChI=1S/C21H27NO/c1-17(2)16-22-21(23)20(15-19-11-7-4-8-12-19)14-13-18-9-5-3-6-10-18/h3-12,17,20H,13-16H2,1-2H3,(H,22,23). The molecule has 2 rings (SSSR count). The first-order valence-electron chi connectivity index (χ1n) is 8.50. The van der Waals surface area contributed by atoms with Crippen molar-refractivity contribution in [3.05, 3.63) is 71.8 Å². The number of hydrogen-bond acceptors (Lipinski definition) is 1. The minimum absolute atomic E-state index is 0.0244. The first kappa shape index (κ1) is 17.3. The van der Waals surface area contributed by atoms with Gasteiger partial charge in [0.15, 0.2) is 0 Å². The Morgan fingerprint density at radius 2 is 1.48 bits per heavy atom. The molecule has 0 aromatic heterocycles. The zero-order valence-corrected chi connectivity index (χ0v) is 14.2. The van der Waals surface area contributed by atoms with Crippen molar-refractivity contribution in [1.82, 2.24) is 5.32 Å². The van der Waals surface area contributed by atoms with Gasteiger partial charge in [0.25, 0.3) is 0 Å². The molecule has 0 aliphatic rings. The number of hydrogen-bond donors (Lipinski definition) is 1. The highest BCUT2D eigenvalue weighted by Crippen LogP contribution is 2.16. The smallest absolute Gasteiger partial charge is 0.223 e. The molecule has 1 N–H and O–H groups in total. The van der Waals surface area contributed by atoms with Crippen LogP contribution in [0.5, 0.6) is 0 Å². The van der Waals surface area contributed by atoms with Crippen molar-refractivity contribution in [2.45, 2.75) is 33.1 Å². The maximum atomic E-state index is 12.6. The predicted octanol–water partition coefficient (Wildman–Crippen LogP) is 4.25. The van der Waals surface area contributed by atoms with Crippen molar-refractivity contribution in [2.24, 2.45) is 11.8 Å². The molecule has 0 saturated carbocycles. The minimum atomic E-state index is 0.0244. The summed E-state index contributed by atoms with van der Waals surface area (Å²) in [4.78, 5) is 12.6. The summed E-state index contributed by atoms with van der Waals surface area (Å²) in [5, 5.41) is 3.10. The van der Waals surface area contributed by atoms with Crippen LogP contribution in [0.15, 0.2) is 60.7 Å². The van der Waals surface area contributed by atoms with Gasteiger partial charge in [-0.05, 0) is 36.3 Å². The molecule has 0 spiro atoms. The Kier molecular flexibility index (Phi) is 6.86. The van der Waals surface area contributed by atoms with Gasteiger partial charge in [-0.25, -0.2) is 0 Å². The van der Waals surface area contributed by atoms with Crippen molar-refractivity contribution in [3.63, 3.8) is 0 Å².